The Morgan fingerprint density at radius 1 is 0.235 bits per heavy atom. The fourth-order valence-electron chi connectivity index (χ4n) is 21.1. The number of nitrogens with zero attached hydrogens (tertiary/aromatic N) is 2. The second-order valence-corrected chi connectivity index (χ2v) is 37.5. The normalized spacial score (nSPS) is 13.6. The predicted molar refractivity (Wildman–Crippen MR) is 553 cm³/mol. The van der Waals surface area contributed by atoms with Gasteiger partial charge >= 0.3 is 0 Å². The molecule has 2 bridgehead atoms. The molecule has 0 radical (unpaired) electrons. The zero-order valence-corrected chi connectivity index (χ0v) is 78.1. The van der Waals surface area contributed by atoms with Crippen LogP contribution in [-0.2, 0) is 0 Å². The van der Waals surface area contributed by atoms with Crippen molar-refractivity contribution in [3.63, 3.8) is 0 Å². The maximum Gasteiger partial charge on any atom is 0.266 e. The van der Waals surface area contributed by atoms with Crippen LogP contribution in [0.1, 0.15) is 165 Å². The van der Waals surface area contributed by atoms with E-state index in [2.05, 4.69) is 177 Å². The maximum atomic E-state index is 16.1. The number of halogens is 2. The summed E-state index contributed by atoms with van der Waals surface area (Å²) in [7, 11) is 6.48. The van der Waals surface area contributed by atoms with Crippen LogP contribution < -0.4 is 47.7 Å². The highest BCUT2D eigenvalue weighted by Gasteiger charge is 2.44. The summed E-state index contributed by atoms with van der Waals surface area (Å²) in [6.45, 7) is 16.6. The first-order valence-corrected chi connectivity index (χ1v) is 46.5. The zero-order chi connectivity index (χ0) is 93.4. The molecule has 4 amide bonds. The molecule has 0 atom stereocenters. The second-order valence-electron chi connectivity index (χ2n) is 36.6. The summed E-state index contributed by atoms with van der Waals surface area (Å²) in [6, 6.07) is 87.1. The minimum Gasteiger partial charge on any atom is -0.497 e. The number of carbonyl (C=O) groups is 4. The molecule has 136 heavy (non-hydrogen) atoms. The van der Waals surface area contributed by atoms with Crippen LogP contribution in [0.3, 0.4) is 0 Å². The molecule has 1 aliphatic carbocycles. The van der Waals surface area contributed by atoms with Crippen LogP contribution in [0, 0.1) is 0 Å². The molecular formula is C120H88Cl2N2O12. The number of carbonyl (C=O) groups excluding carboxylic acids is 4. The summed E-state index contributed by atoms with van der Waals surface area (Å²) < 4.78 is 51.3. The first-order valence-electron chi connectivity index (χ1n) is 45.7. The van der Waals surface area contributed by atoms with Gasteiger partial charge in [-0.15, -0.1) is 0 Å². The molecular weight excluding hydrogens is 1730 g/mol. The van der Waals surface area contributed by atoms with Crippen molar-refractivity contribution >= 4 is 190 Å². The molecule has 14 nitrogen and oxygen atoms in total. The standard InChI is InChI=1S/C120H88Cl2N2O12/c1-61(2)80-17-13-18-81(62(3)4)115(80)123-117(125)95-57-101(133-76-37-29-72(129-9)30-38-76)109-88-23-15-21-86-84(45-47-90(105(86)88)111-103(59-97(119(123)127)107(95)113(109)111)135-78-41-33-74(131-11)34-42-78)93-53-69-51-67-27-28-68-49-65(25-26-66(67)52-70(69)54-99(93)121)50-71-55-100(122)94(56-92(68)71)85-46-48-91-106-87(85)22-16-24-89(106)110-102(134-77-39-31-73(130-10)32-40-77)58-96-108-98(60-104(112(91)114(108)110)136-79-43-35-75(132-12)36-44-79)120(128)124(118(96)126)116-82(63(5)6)19-14-20-83(116)64(7)8/h13-64H,1-12H3/b26-25-,28-27-. The fraction of sp³-hybridized carbons (Fsp3) is 0.133. The van der Waals surface area contributed by atoms with Gasteiger partial charge in [-0.3, -0.25) is 19.2 Å². The molecule has 16 heteroatoms. The number of rotatable bonds is 20. The predicted octanol–water partition coefficient (Wildman–Crippen LogP) is 32.7. The summed E-state index contributed by atoms with van der Waals surface area (Å²) >= 11 is 15.6. The van der Waals surface area contributed by atoms with Crippen LogP contribution >= 0.6 is 23.2 Å². The Morgan fingerprint density at radius 3 is 0.890 bits per heavy atom. The fourth-order valence-corrected chi connectivity index (χ4v) is 21.7. The lowest BCUT2D eigenvalue weighted by Crippen LogP contribution is -2.42. The van der Waals surface area contributed by atoms with Gasteiger partial charge in [0, 0.05) is 64.3 Å². The Labute approximate surface area is 794 Å². The average molecular weight is 1820 g/mol. The van der Waals surface area contributed by atoms with Gasteiger partial charge in [-0.2, -0.15) is 0 Å². The van der Waals surface area contributed by atoms with Gasteiger partial charge in [0.25, 0.3) is 23.6 Å². The van der Waals surface area contributed by atoms with Crippen LogP contribution in [-0.4, -0.2) is 52.1 Å². The smallest absolute Gasteiger partial charge is 0.266 e. The summed E-state index contributed by atoms with van der Waals surface area (Å²) in [5.74, 6) is 4.16. The van der Waals surface area contributed by atoms with Gasteiger partial charge in [-0.05, 0) is 314 Å². The van der Waals surface area contributed by atoms with Gasteiger partial charge in [0.1, 0.15) is 69.0 Å². The monoisotopic (exact) mass is 1820 g/mol. The lowest BCUT2D eigenvalue weighted by molar-refractivity contribution is 0.0877. The molecule has 0 saturated carbocycles. The number of ether oxygens (including phenoxy) is 8. The SMILES string of the molecule is COc1ccc(Oc2cc3c4c(cc(Oc5ccc(OC)cc5)c5c6ccc(-c7cc8cc9c(cc8cc7Cl)/C=C\c7cc(c8cc(-c%10ccc%11c%12c(Oc%13ccc(OC)cc%13)cc%13c%14c(cc(Oc%15ccc(OC)cc%15)c(c%15cccc%10c%15%11)c%14%12)C(=O)N(c%10c(C(C)C)cccc%10C(C)C)C%13=O)c(Cl)cc8c7)/C=C\9)c7cccc(c2c45)c76)C(=O)N(c2c(C(C)C)cccc2C(C)C)C3=O)cc1. The van der Waals surface area contributed by atoms with Crippen LogP contribution in [0.5, 0.6) is 69.0 Å². The summed E-state index contributed by atoms with van der Waals surface area (Å²) in [5.41, 5.74) is 13.2. The van der Waals surface area contributed by atoms with Gasteiger partial charge in [0.15, 0.2) is 0 Å². The molecule has 0 fully saturated rings. The minimum absolute atomic E-state index is 0.0398. The number of imide groups is 2. The average Bonchev–Trinajstić information content (AvgIpc) is 0.696. The van der Waals surface area contributed by atoms with E-state index in [4.69, 9.17) is 61.1 Å². The van der Waals surface area contributed by atoms with E-state index in [1.165, 1.54) is 9.80 Å². The highest BCUT2D eigenvalue weighted by atomic mass is 35.5. The summed E-state index contributed by atoms with van der Waals surface area (Å²) in [6.07, 6.45) is 8.68. The molecule has 0 saturated heterocycles. The Bertz CT molecular complexity index is 8330. The lowest BCUT2D eigenvalue weighted by atomic mass is 9.82. The van der Waals surface area contributed by atoms with Crippen molar-refractivity contribution < 1.29 is 57.1 Å². The van der Waals surface area contributed by atoms with E-state index in [9.17, 15) is 0 Å². The van der Waals surface area contributed by atoms with Crippen molar-refractivity contribution in [1.82, 2.24) is 0 Å². The van der Waals surface area contributed by atoms with Crippen LogP contribution in [0.25, 0.3) is 154 Å². The third-order valence-corrected chi connectivity index (χ3v) is 28.2. The topological polar surface area (TPSA) is 149 Å². The molecule has 23 rings (SSSR count). The highest BCUT2D eigenvalue weighted by molar-refractivity contribution is 6.47. The van der Waals surface area contributed by atoms with E-state index in [1.807, 2.05) is 170 Å². The van der Waals surface area contributed by atoms with Crippen LogP contribution in [0.2, 0.25) is 10.0 Å². The molecule has 20 aromatic carbocycles. The molecule has 0 N–H and O–H groups in total. The summed E-state index contributed by atoms with van der Waals surface area (Å²) in [5, 5.41) is 16.7. The quantitative estimate of drug-likeness (QED) is 0.0406. The van der Waals surface area contributed by atoms with Crippen molar-refractivity contribution in [2.24, 2.45) is 0 Å². The Morgan fingerprint density at radius 2 is 0.537 bits per heavy atom. The van der Waals surface area contributed by atoms with Crippen LogP contribution in [0.4, 0.5) is 11.4 Å². The van der Waals surface area contributed by atoms with Crippen molar-refractivity contribution in [3.8, 4) is 91.2 Å². The minimum atomic E-state index is -0.464. The zero-order valence-electron chi connectivity index (χ0n) is 76.6. The first-order chi connectivity index (χ1) is 66.0. The van der Waals surface area contributed by atoms with Gasteiger partial charge in [-0.1, -0.05) is 200 Å². The van der Waals surface area contributed by atoms with Crippen molar-refractivity contribution in [3.05, 3.63) is 344 Å². The summed E-state index contributed by atoms with van der Waals surface area (Å²) in [4.78, 5) is 67.1. The molecule has 0 unspecified atom stereocenters. The van der Waals surface area contributed by atoms with E-state index >= 15 is 19.2 Å². The van der Waals surface area contributed by atoms with E-state index in [0.29, 0.717) is 156 Å². The number of amides is 4. The molecule has 0 spiro atoms. The third-order valence-electron chi connectivity index (χ3n) is 27.5. The van der Waals surface area contributed by atoms with Crippen molar-refractivity contribution in [2.75, 3.05) is 38.2 Å². The Balaban J connectivity index is 0.674. The van der Waals surface area contributed by atoms with E-state index < -0.39 is 23.6 Å². The van der Waals surface area contributed by atoms with E-state index in [1.54, 1.807) is 28.4 Å². The molecule has 2 aliphatic heterocycles. The number of para-hydroxylation sites is 2. The number of hydrogen-bond acceptors (Lipinski definition) is 12. The Hall–Kier alpha value is -15.7. The molecule has 664 valence electrons. The lowest BCUT2D eigenvalue weighted by Gasteiger charge is -2.33. The van der Waals surface area contributed by atoms with Gasteiger partial charge in [0.2, 0.25) is 0 Å². The van der Waals surface area contributed by atoms with Gasteiger partial charge in [-0.25, -0.2) is 9.80 Å². The molecule has 2 heterocycles. The van der Waals surface area contributed by atoms with Crippen LogP contribution in [0.15, 0.2) is 267 Å². The van der Waals surface area contributed by atoms with Gasteiger partial charge in [0.05, 0.1) is 62.1 Å². The largest absolute Gasteiger partial charge is 0.497 e. The van der Waals surface area contributed by atoms with E-state index in [0.717, 1.165) is 131 Å². The third kappa shape index (κ3) is 13.4. The van der Waals surface area contributed by atoms with E-state index in [-0.39, 0.29) is 23.7 Å². The number of benzene rings is 20. The highest BCUT2D eigenvalue weighted by Crippen LogP contribution is 2.59. The number of hydrogen-bond donors (Lipinski definition) is 0. The van der Waals surface area contributed by atoms with Crippen molar-refractivity contribution in [1.29, 1.82) is 0 Å². The van der Waals surface area contributed by atoms with Crippen molar-refractivity contribution in [2.45, 2.75) is 79.1 Å². The number of anilines is 2. The Kier molecular flexibility index (Phi) is 20.2. The molecule has 20 aromatic rings. The maximum absolute atomic E-state index is 16.1. The number of methoxy groups -OCH3 is 4. The molecule has 3 aliphatic rings. The second kappa shape index (κ2) is 32.6. The number of fused-ring (bicyclic) bond motifs is 10. The first kappa shape index (κ1) is 84.5. The molecule has 0 aromatic heterocycles. The van der Waals surface area contributed by atoms with Gasteiger partial charge < -0.3 is 37.9 Å².